The molecule has 0 saturated heterocycles. The van der Waals surface area contributed by atoms with E-state index in [1.807, 2.05) is 85.8 Å². The van der Waals surface area contributed by atoms with Gasteiger partial charge in [0, 0.05) is 0 Å². The Hall–Kier alpha value is -7.49. The van der Waals surface area contributed by atoms with Crippen LogP contribution in [-0.2, 0) is 16.2 Å². The maximum atomic E-state index is 10.9. The molecule has 2 aliphatic carbocycles. The monoisotopic (exact) mass is 875 g/mol. The highest BCUT2D eigenvalue weighted by molar-refractivity contribution is 5.96. The van der Waals surface area contributed by atoms with Crippen LogP contribution >= 0.6 is 0 Å². The molecule has 67 heavy (non-hydrogen) atoms. The molecule has 5 nitrogen and oxygen atoms in total. The van der Waals surface area contributed by atoms with Crippen molar-refractivity contribution >= 4 is 46.6 Å². The minimum absolute atomic E-state index is 0.0652. The van der Waals surface area contributed by atoms with E-state index in [-0.39, 0.29) is 27.6 Å². The van der Waals surface area contributed by atoms with Gasteiger partial charge in [-0.3, -0.25) is 0 Å². The second-order valence-corrected chi connectivity index (χ2v) is 22.3. The molecule has 4 aromatic carbocycles. The maximum Gasteiger partial charge on any atom is 0.0998 e. The van der Waals surface area contributed by atoms with E-state index in [0.29, 0.717) is 51.0 Å². The molecule has 0 aliphatic heterocycles. The van der Waals surface area contributed by atoms with Gasteiger partial charge in [0.25, 0.3) is 0 Å². The summed E-state index contributed by atoms with van der Waals surface area (Å²) in [7, 11) is 0. The first-order valence-electron chi connectivity index (χ1n) is 22.9. The molecule has 0 spiro atoms. The molecular formula is C62H61N5. The van der Waals surface area contributed by atoms with Gasteiger partial charge in [-0.1, -0.05) is 126 Å². The van der Waals surface area contributed by atoms with E-state index < -0.39 is 0 Å². The van der Waals surface area contributed by atoms with Crippen LogP contribution in [0.5, 0.6) is 0 Å². The summed E-state index contributed by atoms with van der Waals surface area (Å²) in [6, 6.07) is 36.7. The maximum absolute atomic E-state index is 10.9. The van der Waals surface area contributed by atoms with Gasteiger partial charge in [-0.2, -0.15) is 26.3 Å². The van der Waals surface area contributed by atoms with Crippen LogP contribution < -0.4 is 0 Å². The van der Waals surface area contributed by atoms with Gasteiger partial charge in [0.1, 0.15) is 0 Å². The Morgan fingerprint density at radius 1 is 0.388 bits per heavy atom. The average Bonchev–Trinajstić information content (AvgIpc) is 3.25. The smallest absolute Gasteiger partial charge is 0.0998 e. The number of nitriles is 5. The quantitative estimate of drug-likeness (QED) is 0.174. The third-order valence-electron chi connectivity index (χ3n) is 12.6. The number of hydrogen-bond acceptors (Lipinski definition) is 5. The second kappa shape index (κ2) is 18.8. The minimum atomic E-state index is -0.287. The first-order chi connectivity index (χ1) is 31.3. The number of allylic oxidation sites excluding steroid dienone is 10. The van der Waals surface area contributed by atoms with Gasteiger partial charge in [0.05, 0.1) is 58.2 Å². The van der Waals surface area contributed by atoms with Crippen molar-refractivity contribution in [1.82, 2.24) is 0 Å². The largest absolute Gasteiger partial charge is 0.192 e. The van der Waals surface area contributed by atoms with Gasteiger partial charge in [0.2, 0.25) is 0 Å². The van der Waals surface area contributed by atoms with Crippen molar-refractivity contribution in [3.63, 3.8) is 0 Å². The Labute approximate surface area is 400 Å². The molecule has 6 rings (SSSR count). The van der Waals surface area contributed by atoms with E-state index >= 15 is 0 Å². The van der Waals surface area contributed by atoms with Crippen LogP contribution in [0.15, 0.2) is 108 Å². The van der Waals surface area contributed by atoms with Gasteiger partial charge in [-0.05, 0) is 192 Å². The highest BCUT2D eigenvalue weighted by atomic mass is 14.4. The molecule has 0 heterocycles. The number of hydrogen-bond donors (Lipinski definition) is 0. The van der Waals surface area contributed by atoms with Gasteiger partial charge >= 0.3 is 0 Å². The zero-order valence-electron chi connectivity index (χ0n) is 41.5. The fraction of sp³-hybridized carbons (Fsp3) is 0.306. The van der Waals surface area contributed by atoms with Crippen LogP contribution in [-0.4, -0.2) is 0 Å². The van der Waals surface area contributed by atoms with Crippen LogP contribution in [0.2, 0.25) is 0 Å². The van der Waals surface area contributed by atoms with E-state index in [9.17, 15) is 26.3 Å². The van der Waals surface area contributed by atoms with E-state index in [1.54, 1.807) is 0 Å². The zero-order valence-corrected chi connectivity index (χ0v) is 41.5. The number of fused-ring (bicyclic) bond motifs is 9. The third-order valence-corrected chi connectivity index (χ3v) is 12.6. The summed E-state index contributed by atoms with van der Waals surface area (Å²) < 4.78 is 0. The van der Waals surface area contributed by atoms with E-state index in [0.717, 1.165) is 61.2 Å². The standard InChI is InChI=1S/C62H61N5/c1-39-14-40-16-45(15-39)50(34-63)22-41-17-47(31-55(26-41)59(2,3)4)52(36-65)24-43-19-49(33-57(28-43)61(8,9)10)54(38-67)25-44-20-48(32-58(29-44)62(11,12)13)53(37-66)23-42-18-46(51(21-40)35-64)30-56(27-42)60(5,6)7/h14-29,31-33,56H,30H2,1-13H3/b50-22+,51-21+,52-24+,53-23+,54-25+. The number of rotatable bonds is 0. The molecule has 10 bridgehead atoms. The second-order valence-electron chi connectivity index (χ2n) is 22.3. The molecule has 0 radical (unpaired) electrons. The lowest BCUT2D eigenvalue weighted by Gasteiger charge is -2.32. The first kappa shape index (κ1) is 49.0. The summed E-state index contributed by atoms with van der Waals surface area (Å²) in [5.74, 6) is 0.0652. The molecule has 0 N–H and O–H groups in total. The number of benzene rings is 4. The molecule has 1 unspecified atom stereocenters. The Morgan fingerprint density at radius 3 is 1.06 bits per heavy atom. The molecule has 0 aromatic heterocycles. The third kappa shape index (κ3) is 11.7. The summed E-state index contributed by atoms with van der Waals surface area (Å²) in [5, 5.41) is 54.2. The van der Waals surface area contributed by atoms with E-state index in [2.05, 4.69) is 150 Å². The highest BCUT2D eigenvalue weighted by Gasteiger charge is 2.28. The molecule has 4 aromatic rings. The Bertz CT molecular complexity index is 3120. The molecule has 5 heteroatoms. The van der Waals surface area contributed by atoms with Crippen LogP contribution in [0, 0.1) is 74.9 Å². The zero-order chi connectivity index (χ0) is 49.2. The predicted octanol–water partition coefficient (Wildman–Crippen LogP) is 15.8. The van der Waals surface area contributed by atoms with Crippen LogP contribution in [0.1, 0.15) is 156 Å². The van der Waals surface area contributed by atoms with E-state index in [1.165, 1.54) is 0 Å². The molecule has 0 amide bonds. The molecule has 334 valence electrons. The summed E-state index contributed by atoms with van der Waals surface area (Å²) in [6.45, 7) is 27.8. The fourth-order valence-electron chi connectivity index (χ4n) is 8.44. The van der Waals surface area contributed by atoms with Gasteiger partial charge in [0.15, 0.2) is 0 Å². The topological polar surface area (TPSA) is 119 Å². The van der Waals surface area contributed by atoms with Crippen molar-refractivity contribution in [2.75, 3.05) is 0 Å². The Morgan fingerprint density at radius 2 is 0.716 bits per heavy atom. The van der Waals surface area contributed by atoms with Crippen molar-refractivity contribution < 1.29 is 0 Å². The summed E-state index contributed by atoms with van der Waals surface area (Å²) in [5.41, 5.74) is 13.0. The summed E-state index contributed by atoms with van der Waals surface area (Å²) in [4.78, 5) is 0. The molecule has 0 saturated carbocycles. The molecule has 0 fully saturated rings. The first-order valence-corrected chi connectivity index (χ1v) is 22.9. The average molecular weight is 876 g/mol. The van der Waals surface area contributed by atoms with Crippen molar-refractivity contribution in [3.05, 3.63) is 175 Å². The predicted molar refractivity (Wildman–Crippen MR) is 278 cm³/mol. The SMILES string of the molecule is Cc1cc2cc(c1)/C(C#N)=C/c1cc(cc(C(C)(C)C)c1)/C(C#N)=C/c1cc(cc(C(C)(C)C)c1)/C(C#N)=C/c1cc(cc(C(C)(C)C)c1)/C(C#N)=C/C1=CC(C(C)(C)C)CC(=C1)/C(C#N)=C/2. The lowest BCUT2D eigenvalue weighted by atomic mass is 9.72. The molecule has 2 aliphatic rings. The lowest BCUT2D eigenvalue weighted by Crippen LogP contribution is -2.21. The van der Waals surface area contributed by atoms with E-state index in [4.69, 9.17) is 0 Å². The Balaban J connectivity index is 1.75. The van der Waals surface area contributed by atoms with Gasteiger partial charge < -0.3 is 0 Å². The summed E-state index contributed by atoms with van der Waals surface area (Å²) in [6.07, 6.45) is 14.3. The Kier molecular flexibility index (Phi) is 13.7. The van der Waals surface area contributed by atoms with Crippen LogP contribution in [0.3, 0.4) is 0 Å². The fourth-order valence-corrected chi connectivity index (χ4v) is 8.44. The highest BCUT2D eigenvalue weighted by Crippen LogP contribution is 2.41. The van der Waals surface area contributed by atoms with Crippen molar-refractivity contribution in [3.8, 4) is 30.3 Å². The molecular weight excluding hydrogens is 815 g/mol. The van der Waals surface area contributed by atoms with Gasteiger partial charge in [-0.25, -0.2) is 0 Å². The number of nitrogens with zero attached hydrogens (tertiary/aromatic N) is 5. The number of aryl methyl sites for hydroxylation is 1. The molecule has 1 atom stereocenters. The van der Waals surface area contributed by atoms with Crippen molar-refractivity contribution in [2.45, 2.75) is 113 Å². The lowest BCUT2D eigenvalue weighted by molar-refractivity contribution is 0.289. The van der Waals surface area contributed by atoms with Crippen LogP contribution in [0.4, 0.5) is 0 Å². The van der Waals surface area contributed by atoms with Crippen molar-refractivity contribution in [2.24, 2.45) is 11.3 Å². The summed E-state index contributed by atoms with van der Waals surface area (Å²) >= 11 is 0. The van der Waals surface area contributed by atoms with Crippen LogP contribution in [0.25, 0.3) is 46.6 Å². The normalized spacial score (nSPS) is 19.8. The van der Waals surface area contributed by atoms with Crippen molar-refractivity contribution in [1.29, 1.82) is 26.3 Å². The van der Waals surface area contributed by atoms with Gasteiger partial charge in [-0.15, -0.1) is 0 Å². The minimum Gasteiger partial charge on any atom is -0.192 e.